The Bertz CT molecular complexity index is 270. The number of esters is 1. The average Bonchev–Trinajstić information content (AvgIpc) is 2.42. The van der Waals surface area contributed by atoms with E-state index in [0.29, 0.717) is 12.5 Å². The van der Waals surface area contributed by atoms with Crippen LogP contribution in [-0.4, -0.2) is 50.8 Å². The maximum atomic E-state index is 11.3. The molecule has 0 spiro atoms. The van der Waals surface area contributed by atoms with Gasteiger partial charge in [0.25, 0.3) is 0 Å². The lowest BCUT2D eigenvalue weighted by Crippen LogP contribution is -2.43. The summed E-state index contributed by atoms with van der Waals surface area (Å²) >= 11 is 0. The van der Waals surface area contributed by atoms with Crippen molar-refractivity contribution >= 4 is 5.97 Å². The monoisotopic (exact) mass is 271 g/mol. The maximum absolute atomic E-state index is 11.3. The van der Waals surface area contributed by atoms with Crippen LogP contribution in [0.4, 0.5) is 0 Å². The number of hydrogen-bond acceptors (Lipinski definition) is 4. The molecule has 1 aliphatic rings. The van der Waals surface area contributed by atoms with Crippen LogP contribution < -0.4 is 0 Å². The van der Waals surface area contributed by atoms with Crippen molar-refractivity contribution in [1.29, 1.82) is 0 Å². The van der Waals surface area contributed by atoms with Crippen LogP contribution in [0.2, 0.25) is 0 Å². The van der Waals surface area contributed by atoms with Gasteiger partial charge in [0, 0.05) is 26.2 Å². The second kappa shape index (κ2) is 8.54. The molecule has 0 radical (unpaired) electrons. The highest BCUT2D eigenvalue weighted by Crippen LogP contribution is 2.32. The van der Waals surface area contributed by atoms with Crippen LogP contribution in [0.25, 0.3) is 0 Å². The van der Waals surface area contributed by atoms with Crippen LogP contribution in [-0.2, 0) is 14.3 Å². The Balaban J connectivity index is 2.49. The second-order valence-electron chi connectivity index (χ2n) is 5.78. The van der Waals surface area contributed by atoms with Crippen molar-refractivity contribution in [1.82, 2.24) is 4.90 Å². The van der Waals surface area contributed by atoms with Crippen LogP contribution >= 0.6 is 0 Å². The molecule has 0 amide bonds. The lowest BCUT2D eigenvalue weighted by Gasteiger charge is -2.39. The van der Waals surface area contributed by atoms with Gasteiger partial charge >= 0.3 is 5.97 Å². The predicted molar refractivity (Wildman–Crippen MR) is 76.0 cm³/mol. The second-order valence-corrected chi connectivity index (χ2v) is 5.78. The Morgan fingerprint density at radius 3 is 2.47 bits per heavy atom. The van der Waals surface area contributed by atoms with Crippen molar-refractivity contribution in [3.63, 3.8) is 0 Å². The molecule has 0 aliphatic heterocycles. The Kier molecular flexibility index (Phi) is 7.39. The van der Waals surface area contributed by atoms with Gasteiger partial charge in [-0.1, -0.05) is 13.8 Å². The third-order valence-corrected chi connectivity index (χ3v) is 4.50. The molecule has 0 aromatic rings. The van der Waals surface area contributed by atoms with Gasteiger partial charge in [0.1, 0.15) is 0 Å². The van der Waals surface area contributed by atoms with E-state index >= 15 is 0 Å². The SMILES string of the molecule is COCCN(CCC(=O)OC)C1CCC(C)C(C)C1. The molecule has 0 saturated heterocycles. The highest BCUT2D eigenvalue weighted by Gasteiger charge is 2.28. The number of carbonyl (C=O) groups excluding carboxylic acids is 1. The fraction of sp³-hybridized carbons (Fsp3) is 0.933. The zero-order chi connectivity index (χ0) is 14.3. The number of ether oxygens (including phenoxy) is 2. The molecule has 0 N–H and O–H groups in total. The number of methoxy groups -OCH3 is 2. The summed E-state index contributed by atoms with van der Waals surface area (Å²) in [7, 11) is 3.18. The van der Waals surface area contributed by atoms with E-state index < -0.39 is 0 Å². The lowest BCUT2D eigenvalue weighted by molar-refractivity contribution is -0.141. The Morgan fingerprint density at radius 2 is 1.89 bits per heavy atom. The summed E-state index contributed by atoms with van der Waals surface area (Å²) in [6.45, 7) is 7.09. The largest absolute Gasteiger partial charge is 0.469 e. The molecule has 1 fully saturated rings. The van der Waals surface area contributed by atoms with Crippen molar-refractivity contribution in [2.24, 2.45) is 11.8 Å². The molecule has 4 nitrogen and oxygen atoms in total. The fourth-order valence-electron chi connectivity index (χ4n) is 2.87. The highest BCUT2D eigenvalue weighted by molar-refractivity contribution is 5.69. The molecule has 0 aromatic carbocycles. The molecule has 0 aromatic heterocycles. The summed E-state index contributed by atoms with van der Waals surface area (Å²) in [5.74, 6) is 1.46. The van der Waals surface area contributed by atoms with Crippen LogP contribution in [0.3, 0.4) is 0 Å². The zero-order valence-electron chi connectivity index (χ0n) is 12.9. The smallest absolute Gasteiger partial charge is 0.306 e. The first-order valence-corrected chi connectivity index (χ1v) is 7.38. The topological polar surface area (TPSA) is 38.8 Å². The molecule has 3 atom stereocenters. The van der Waals surface area contributed by atoms with E-state index in [1.54, 1.807) is 7.11 Å². The third-order valence-electron chi connectivity index (χ3n) is 4.50. The Labute approximate surface area is 117 Å². The van der Waals surface area contributed by atoms with Gasteiger partial charge in [-0.05, 0) is 31.1 Å². The van der Waals surface area contributed by atoms with E-state index in [4.69, 9.17) is 9.47 Å². The summed E-state index contributed by atoms with van der Waals surface area (Å²) in [6, 6.07) is 0.589. The van der Waals surface area contributed by atoms with Crippen LogP contribution in [0, 0.1) is 11.8 Å². The number of nitrogens with zero attached hydrogens (tertiary/aromatic N) is 1. The van der Waals surface area contributed by atoms with Gasteiger partial charge in [0.2, 0.25) is 0 Å². The number of hydrogen-bond donors (Lipinski definition) is 0. The summed E-state index contributed by atoms with van der Waals surface area (Å²) in [5.41, 5.74) is 0. The summed E-state index contributed by atoms with van der Waals surface area (Å²) in [6.07, 6.45) is 4.22. The first-order valence-electron chi connectivity index (χ1n) is 7.38. The Morgan fingerprint density at radius 1 is 1.16 bits per heavy atom. The van der Waals surface area contributed by atoms with E-state index in [9.17, 15) is 4.79 Å². The van der Waals surface area contributed by atoms with Crippen LogP contribution in [0.15, 0.2) is 0 Å². The summed E-state index contributed by atoms with van der Waals surface area (Å²) < 4.78 is 9.92. The van der Waals surface area contributed by atoms with Gasteiger partial charge in [-0.2, -0.15) is 0 Å². The molecule has 1 aliphatic carbocycles. The molecule has 1 saturated carbocycles. The van der Waals surface area contributed by atoms with Crippen LogP contribution in [0.1, 0.15) is 39.5 Å². The van der Waals surface area contributed by atoms with E-state index in [0.717, 1.165) is 31.5 Å². The Hall–Kier alpha value is -0.610. The molecule has 3 unspecified atom stereocenters. The van der Waals surface area contributed by atoms with Crippen molar-refractivity contribution in [3.8, 4) is 0 Å². The normalized spacial score (nSPS) is 27.5. The van der Waals surface area contributed by atoms with Gasteiger partial charge in [0.15, 0.2) is 0 Å². The first-order chi connectivity index (χ1) is 9.08. The quantitative estimate of drug-likeness (QED) is 0.666. The van der Waals surface area contributed by atoms with Crippen molar-refractivity contribution in [2.45, 2.75) is 45.6 Å². The number of rotatable bonds is 7. The molecular weight excluding hydrogens is 242 g/mol. The highest BCUT2D eigenvalue weighted by atomic mass is 16.5. The standard InChI is InChI=1S/C15H29NO3/c1-12-5-6-14(11-13(12)2)16(9-10-18-3)8-7-15(17)19-4/h12-14H,5-11H2,1-4H3. The van der Waals surface area contributed by atoms with Crippen molar-refractivity contribution < 1.29 is 14.3 Å². The molecule has 19 heavy (non-hydrogen) atoms. The van der Waals surface area contributed by atoms with Gasteiger partial charge in [-0.3, -0.25) is 9.69 Å². The van der Waals surface area contributed by atoms with Gasteiger partial charge in [-0.15, -0.1) is 0 Å². The maximum Gasteiger partial charge on any atom is 0.306 e. The van der Waals surface area contributed by atoms with Gasteiger partial charge < -0.3 is 9.47 Å². The van der Waals surface area contributed by atoms with Gasteiger partial charge in [0.05, 0.1) is 20.1 Å². The van der Waals surface area contributed by atoms with E-state index in [-0.39, 0.29) is 5.97 Å². The van der Waals surface area contributed by atoms with Crippen molar-refractivity contribution in [3.05, 3.63) is 0 Å². The van der Waals surface area contributed by atoms with Gasteiger partial charge in [-0.25, -0.2) is 0 Å². The zero-order valence-corrected chi connectivity index (χ0v) is 12.9. The van der Waals surface area contributed by atoms with Crippen LogP contribution in [0.5, 0.6) is 0 Å². The van der Waals surface area contributed by atoms with Crippen molar-refractivity contribution in [2.75, 3.05) is 33.9 Å². The third kappa shape index (κ3) is 5.49. The summed E-state index contributed by atoms with van der Waals surface area (Å²) in [5, 5.41) is 0. The lowest BCUT2D eigenvalue weighted by atomic mass is 9.78. The van der Waals surface area contributed by atoms with E-state index in [1.165, 1.54) is 26.4 Å². The van der Waals surface area contributed by atoms with E-state index in [2.05, 4.69) is 18.7 Å². The minimum atomic E-state index is -0.125. The molecule has 1 rings (SSSR count). The molecule has 112 valence electrons. The predicted octanol–water partition coefficient (Wildman–Crippen LogP) is 2.32. The molecule has 0 heterocycles. The minimum Gasteiger partial charge on any atom is -0.469 e. The first kappa shape index (κ1) is 16.4. The fourth-order valence-corrected chi connectivity index (χ4v) is 2.87. The minimum absolute atomic E-state index is 0.125. The number of carbonyl (C=O) groups is 1. The molecular formula is C15H29NO3. The molecule has 4 heteroatoms. The van der Waals surface area contributed by atoms with E-state index in [1.807, 2.05) is 0 Å². The molecule has 0 bridgehead atoms. The average molecular weight is 271 g/mol. The summed E-state index contributed by atoms with van der Waals surface area (Å²) in [4.78, 5) is 13.7.